The van der Waals surface area contributed by atoms with Crippen LogP contribution in [0.15, 0.2) is 0 Å². The van der Waals surface area contributed by atoms with Gasteiger partial charge in [-0.05, 0) is 34.6 Å². The van der Waals surface area contributed by atoms with E-state index in [4.69, 9.17) is 10.5 Å². The number of piperazine rings is 1. The Hall–Kier alpha value is -0.650. The van der Waals surface area contributed by atoms with Crippen molar-refractivity contribution in [3.8, 4) is 0 Å². The largest absolute Gasteiger partial charge is 0.366 e. The Labute approximate surface area is 117 Å². The SMILES string of the molecule is CC(C)(C)OCC(=O)N1CCN(C(C)(C)CN)CC1. The molecule has 1 rings (SSSR count). The fraction of sp³-hybridized carbons (Fsp3) is 0.929. The number of nitrogens with two attached hydrogens (primary N) is 1. The number of hydrogen-bond acceptors (Lipinski definition) is 4. The van der Waals surface area contributed by atoms with Crippen molar-refractivity contribution >= 4 is 5.91 Å². The Morgan fingerprint density at radius 1 is 1.11 bits per heavy atom. The van der Waals surface area contributed by atoms with E-state index in [9.17, 15) is 4.79 Å². The maximum atomic E-state index is 12.0. The van der Waals surface area contributed by atoms with Gasteiger partial charge < -0.3 is 15.4 Å². The van der Waals surface area contributed by atoms with Gasteiger partial charge in [-0.15, -0.1) is 0 Å². The molecule has 2 N–H and O–H groups in total. The molecule has 19 heavy (non-hydrogen) atoms. The fourth-order valence-corrected chi connectivity index (χ4v) is 2.06. The average molecular weight is 271 g/mol. The Morgan fingerprint density at radius 3 is 2.05 bits per heavy atom. The van der Waals surface area contributed by atoms with Crippen LogP contribution in [0.2, 0.25) is 0 Å². The van der Waals surface area contributed by atoms with Crippen molar-refractivity contribution in [2.45, 2.75) is 45.8 Å². The molecule has 0 saturated carbocycles. The number of nitrogens with zero attached hydrogens (tertiary/aromatic N) is 2. The van der Waals surface area contributed by atoms with Gasteiger partial charge in [-0.1, -0.05) is 0 Å². The van der Waals surface area contributed by atoms with E-state index in [0.29, 0.717) is 6.54 Å². The van der Waals surface area contributed by atoms with E-state index in [-0.39, 0.29) is 23.7 Å². The first-order valence-electron chi connectivity index (χ1n) is 7.02. The normalized spacial score (nSPS) is 18.7. The highest BCUT2D eigenvalue weighted by Gasteiger charge is 2.30. The second-order valence-electron chi connectivity index (χ2n) is 6.79. The summed E-state index contributed by atoms with van der Waals surface area (Å²) in [6.45, 7) is 14.3. The lowest BCUT2D eigenvalue weighted by atomic mass is 10.0. The number of hydrogen-bond donors (Lipinski definition) is 1. The van der Waals surface area contributed by atoms with Gasteiger partial charge in [-0.2, -0.15) is 0 Å². The molecule has 0 radical (unpaired) electrons. The van der Waals surface area contributed by atoms with Crippen LogP contribution in [-0.2, 0) is 9.53 Å². The van der Waals surface area contributed by atoms with Gasteiger partial charge in [-0.3, -0.25) is 9.69 Å². The van der Waals surface area contributed by atoms with Crippen LogP contribution in [0.3, 0.4) is 0 Å². The molecule has 0 spiro atoms. The third kappa shape index (κ3) is 5.09. The minimum Gasteiger partial charge on any atom is -0.366 e. The van der Waals surface area contributed by atoms with E-state index in [2.05, 4.69) is 18.7 Å². The summed E-state index contributed by atoms with van der Waals surface area (Å²) in [4.78, 5) is 16.3. The summed E-state index contributed by atoms with van der Waals surface area (Å²) in [6, 6.07) is 0. The number of carbonyl (C=O) groups excluding carboxylic acids is 1. The van der Waals surface area contributed by atoms with E-state index >= 15 is 0 Å². The first kappa shape index (κ1) is 16.4. The van der Waals surface area contributed by atoms with Crippen LogP contribution < -0.4 is 5.73 Å². The van der Waals surface area contributed by atoms with Gasteiger partial charge in [0.05, 0.1) is 5.60 Å². The quantitative estimate of drug-likeness (QED) is 0.817. The lowest BCUT2D eigenvalue weighted by Gasteiger charge is -2.43. The molecule has 5 nitrogen and oxygen atoms in total. The van der Waals surface area contributed by atoms with Gasteiger partial charge in [0.2, 0.25) is 5.91 Å². The Balaban J connectivity index is 2.39. The number of rotatable bonds is 4. The highest BCUT2D eigenvalue weighted by Crippen LogP contribution is 2.16. The zero-order valence-electron chi connectivity index (χ0n) is 13.0. The van der Waals surface area contributed by atoms with E-state index < -0.39 is 0 Å². The van der Waals surface area contributed by atoms with Crippen molar-refractivity contribution in [1.82, 2.24) is 9.80 Å². The molecule has 1 amide bonds. The van der Waals surface area contributed by atoms with Gasteiger partial charge >= 0.3 is 0 Å². The van der Waals surface area contributed by atoms with Crippen LogP contribution in [0.4, 0.5) is 0 Å². The summed E-state index contributed by atoms with van der Waals surface area (Å²) in [5.41, 5.74) is 5.53. The summed E-state index contributed by atoms with van der Waals surface area (Å²) in [5.74, 6) is 0.0835. The summed E-state index contributed by atoms with van der Waals surface area (Å²) in [5, 5.41) is 0. The molecule has 0 unspecified atom stereocenters. The van der Waals surface area contributed by atoms with Crippen LogP contribution in [0, 0.1) is 0 Å². The topological polar surface area (TPSA) is 58.8 Å². The van der Waals surface area contributed by atoms with Crippen LogP contribution in [0.25, 0.3) is 0 Å². The Bertz CT molecular complexity index is 302. The van der Waals surface area contributed by atoms with Crippen molar-refractivity contribution in [2.75, 3.05) is 39.3 Å². The highest BCUT2D eigenvalue weighted by atomic mass is 16.5. The van der Waals surface area contributed by atoms with Gasteiger partial charge in [0, 0.05) is 38.3 Å². The van der Waals surface area contributed by atoms with Gasteiger partial charge in [-0.25, -0.2) is 0 Å². The summed E-state index contributed by atoms with van der Waals surface area (Å²) < 4.78 is 5.53. The number of ether oxygens (including phenoxy) is 1. The van der Waals surface area contributed by atoms with Crippen molar-refractivity contribution in [3.05, 3.63) is 0 Å². The lowest BCUT2D eigenvalue weighted by molar-refractivity contribution is -0.143. The zero-order valence-corrected chi connectivity index (χ0v) is 13.0. The predicted octanol–water partition coefficient (Wildman–Crippen LogP) is 0.683. The third-order valence-corrected chi connectivity index (χ3v) is 3.62. The molecule has 1 saturated heterocycles. The molecule has 0 aromatic rings. The second-order valence-corrected chi connectivity index (χ2v) is 6.79. The highest BCUT2D eigenvalue weighted by molar-refractivity contribution is 5.77. The molecule has 1 heterocycles. The van der Waals surface area contributed by atoms with Gasteiger partial charge in [0.25, 0.3) is 0 Å². The predicted molar refractivity (Wildman–Crippen MR) is 77.0 cm³/mol. The number of amides is 1. The molecule has 5 heteroatoms. The Kier molecular flexibility index (Phi) is 5.35. The van der Waals surface area contributed by atoms with E-state index in [1.807, 2.05) is 25.7 Å². The zero-order chi connectivity index (χ0) is 14.7. The first-order valence-corrected chi connectivity index (χ1v) is 7.02. The van der Waals surface area contributed by atoms with Crippen molar-refractivity contribution in [3.63, 3.8) is 0 Å². The van der Waals surface area contributed by atoms with Gasteiger partial charge in [0.1, 0.15) is 6.61 Å². The molecule has 112 valence electrons. The summed E-state index contributed by atoms with van der Waals surface area (Å²) in [7, 11) is 0. The molecule has 0 bridgehead atoms. The van der Waals surface area contributed by atoms with E-state index in [0.717, 1.165) is 26.2 Å². The molecular weight excluding hydrogens is 242 g/mol. The molecule has 0 atom stereocenters. The molecule has 1 fully saturated rings. The van der Waals surface area contributed by atoms with Crippen LogP contribution in [0.1, 0.15) is 34.6 Å². The molecule has 0 aliphatic carbocycles. The van der Waals surface area contributed by atoms with Crippen LogP contribution in [0.5, 0.6) is 0 Å². The smallest absolute Gasteiger partial charge is 0.248 e. The summed E-state index contributed by atoms with van der Waals surface area (Å²) in [6.07, 6.45) is 0. The van der Waals surface area contributed by atoms with Crippen LogP contribution in [-0.4, -0.2) is 66.2 Å². The van der Waals surface area contributed by atoms with E-state index in [1.54, 1.807) is 0 Å². The Morgan fingerprint density at radius 2 is 1.63 bits per heavy atom. The van der Waals surface area contributed by atoms with Crippen molar-refractivity contribution in [1.29, 1.82) is 0 Å². The number of carbonyl (C=O) groups is 1. The molecule has 0 aromatic carbocycles. The van der Waals surface area contributed by atoms with Crippen molar-refractivity contribution in [2.24, 2.45) is 5.73 Å². The van der Waals surface area contributed by atoms with E-state index in [1.165, 1.54) is 0 Å². The standard InChI is InChI=1S/C14H29N3O2/c1-13(2,3)19-10-12(18)16-6-8-17(9-7-16)14(4,5)11-15/h6-11,15H2,1-5H3. The van der Waals surface area contributed by atoms with Crippen molar-refractivity contribution < 1.29 is 9.53 Å². The summed E-state index contributed by atoms with van der Waals surface area (Å²) >= 11 is 0. The molecule has 1 aliphatic heterocycles. The molecule has 1 aliphatic rings. The molecule has 0 aromatic heterocycles. The minimum atomic E-state index is -0.265. The average Bonchev–Trinajstić information content (AvgIpc) is 2.35. The fourth-order valence-electron chi connectivity index (χ4n) is 2.06. The maximum Gasteiger partial charge on any atom is 0.248 e. The van der Waals surface area contributed by atoms with Crippen LogP contribution >= 0.6 is 0 Å². The third-order valence-electron chi connectivity index (χ3n) is 3.62. The monoisotopic (exact) mass is 271 g/mol. The minimum absolute atomic E-state index is 0.0110. The first-order chi connectivity index (χ1) is 8.65. The lowest BCUT2D eigenvalue weighted by Crippen LogP contribution is -2.58. The molecular formula is C14H29N3O2. The second kappa shape index (κ2) is 6.20. The van der Waals surface area contributed by atoms with Gasteiger partial charge in [0.15, 0.2) is 0 Å². The maximum absolute atomic E-state index is 12.0.